The van der Waals surface area contributed by atoms with Crippen molar-refractivity contribution in [2.45, 2.75) is 77.4 Å². The van der Waals surface area contributed by atoms with Gasteiger partial charge in [-0.25, -0.2) is 0 Å². The molecular weight excluding hydrogens is 184 g/mol. The highest BCUT2D eigenvalue weighted by Gasteiger charge is 2.24. The molecule has 0 spiro atoms. The second-order valence-corrected chi connectivity index (χ2v) is 5.21. The Hall–Kier alpha value is -0.0800. The summed E-state index contributed by atoms with van der Waals surface area (Å²) in [5.74, 6) is 0. The molecule has 1 aliphatic rings. The lowest BCUT2D eigenvalue weighted by Gasteiger charge is -2.35. The van der Waals surface area contributed by atoms with Gasteiger partial charge in [-0.1, -0.05) is 19.8 Å². The second-order valence-electron chi connectivity index (χ2n) is 5.21. The summed E-state index contributed by atoms with van der Waals surface area (Å²) in [6, 6.07) is 1.80. The lowest BCUT2D eigenvalue weighted by atomic mass is 10.0. The molecule has 0 aromatic heterocycles. The van der Waals surface area contributed by atoms with Gasteiger partial charge in [-0.3, -0.25) is 4.90 Å². The first-order chi connectivity index (χ1) is 7.15. The van der Waals surface area contributed by atoms with Gasteiger partial charge in [0, 0.05) is 18.1 Å². The van der Waals surface area contributed by atoms with E-state index < -0.39 is 0 Å². The Morgan fingerprint density at radius 1 is 1.27 bits per heavy atom. The second kappa shape index (κ2) is 6.49. The molecule has 0 aromatic carbocycles. The molecular formula is C13H28N2. The largest absolute Gasteiger partial charge is 0.328 e. The minimum absolute atomic E-state index is 0.334. The van der Waals surface area contributed by atoms with E-state index in [4.69, 9.17) is 5.73 Å². The van der Waals surface area contributed by atoms with Gasteiger partial charge in [0.15, 0.2) is 0 Å². The van der Waals surface area contributed by atoms with Gasteiger partial charge in [-0.2, -0.15) is 0 Å². The molecule has 1 rings (SSSR count). The third-order valence-electron chi connectivity index (χ3n) is 3.67. The van der Waals surface area contributed by atoms with Crippen molar-refractivity contribution in [3.8, 4) is 0 Å². The van der Waals surface area contributed by atoms with Gasteiger partial charge in [0.2, 0.25) is 0 Å². The molecule has 2 heteroatoms. The Kier molecular flexibility index (Phi) is 5.62. The summed E-state index contributed by atoms with van der Waals surface area (Å²) in [5, 5.41) is 0. The zero-order chi connectivity index (χ0) is 11.3. The fourth-order valence-corrected chi connectivity index (χ4v) is 2.89. The van der Waals surface area contributed by atoms with Crippen molar-refractivity contribution < 1.29 is 0 Å². The highest BCUT2D eigenvalue weighted by molar-refractivity contribution is 4.80. The molecule has 0 saturated carbocycles. The van der Waals surface area contributed by atoms with Crippen LogP contribution < -0.4 is 5.73 Å². The van der Waals surface area contributed by atoms with Crippen LogP contribution in [-0.2, 0) is 0 Å². The van der Waals surface area contributed by atoms with Crippen LogP contribution in [-0.4, -0.2) is 29.6 Å². The maximum absolute atomic E-state index is 5.90. The van der Waals surface area contributed by atoms with Crippen molar-refractivity contribution in [3.63, 3.8) is 0 Å². The lowest BCUT2D eigenvalue weighted by Crippen LogP contribution is -2.43. The maximum Gasteiger partial charge on any atom is 0.00954 e. The first-order valence-corrected chi connectivity index (χ1v) is 6.66. The smallest absolute Gasteiger partial charge is 0.00954 e. The van der Waals surface area contributed by atoms with Gasteiger partial charge >= 0.3 is 0 Å². The molecule has 0 amide bonds. The van der Waals surface area contributed by atoms with Crippen LogP contribution in [0, 0.1) is 0 Å². The molecule has 0 radical (unpaired) electrons. The van der Waals surface area contributed by atoms with E-state index in [-0.39, 0.29) is 0 Å². The normalized spacial score (nSPS) is 28.4. The molecule has 1 aliphatic heterocycles. The molecule has 3 atom stereocenters. The van der Waals surface area contributed by atoms with Crippen LogP contribution in [0.4, 0.5) is 0 Å². The van der Waals surface area contributed by atoms with Crippen LogP contribution in [0.15, 0.2) is 0 Å². The topological polar surface area (TPSA) is 29.3 Å². The fourth-order valence-electron chi connectivity index (χ4n) is 2.89. The molecule has 0 aromatic rings. The van der Waals surface area contributed by atoms with Crippen LogP contribution in [0.3, 0.4) is 0 Å². The Morgan fingerprint density at radius 2 is 2.00 bits per heavy atom. The van der Waals surface area contributed by atoms with Crippen LogP contribution in [0.2, 0.25) is 0 Å². The van der Waals surface area contributed by atoms with Crippen molar-refractivity contribution >= 4 is 0 Å². The number of nitrogens with two attached hydrogens (primary N) is 1. The fraction of sp³-hybridized carbons (Fsp3) is 1.00. The first kappa shape index (κ1) is 13.0. The van der Waals surface area contributed by atoms with Crippen molar-refractivity contribution in [1.82, 2.24) is 4.90 Å². The molecule has 2 nitrogen and oxygen atoms in total. The van der Waals surface area contributed by atoms with E-state index in [0.29, 0.717) is 12.1 Å². The minimum atomic E-state index is 0.334. The van der Waals surface area contributed by atoms with E-state index in [2.05, 4.69) is 25.7 Å². The van der Waals surface area contributed by atoms with Gasteiger partial charge in [-0.15, -0.1) is 0 Å². The predicted molar refractivity (Wildman–Crippen MR) is 67.0 cm³/mol. The monoisotopic (exact) mass is 212 g/mol. The average molecular weight is 212 g/mol. The molecule has 15 heavy (non-hydrogen) atoms. The summed E-state index contributed by atoms with van der Waals surface area (Å²) in [5.41, 5.74) is 5.90. The van der Waals surface area contributed by atoms with Crippen LogP contribution in [0.1, 0.15) is 59.3 Å². The average Bonchev–Trinajstić information content (AvgIpc) is 2.40. The molecule has 0 bridgehead atoms. The number of hydrogen-bond donors (Lipinski definition) is 1. The summed E-state index contributed by atoms with van der Waals surface area (Å²) in [6.45, 7) is 8.07. The van der Waals surface area contributed by atoms with E-state index in [0.717, 1.165) is 12.5 Å². The van der Waals surface area contributed by atoms with E-state index in [1.54, 1.807) is 0 Å². The zero-order valence-electron chi connectivity index (χ0n) is 10.7. The SMILES string of the molecule is CCC1CCCCCN1C(C)CC(C)N. The first-order valence-electron chi connectivity index (χ1n) is 6.66. The molecule has 0 aliphatic carbocycles. The van der Waals surface area contributed by atoms with E-state index >= 15 is 0 Å². The molecule has 1 fully saturated rings. The molecule has 90 valence electrons. The highest BCUT2D eigenvalue weighted by Crippen LogP contribution is 2.22. The molecule has 1 heterocycles. The van der Waals surface area contributed by atoms with Gasteiger partial charge in [0.05, 0.1) is 0 Å². The van der Waals surface area contributed by atoms with Crippen LogP contribution in [0.25, 0.3) is 0 Å². The standard InChI is InChI=1S/C13H28N2/c1-4-13-8-6-5-7-9-15(13)12(3)10-11(2)14/h11-13H,4-10,14H2,1-3H3. The van der Waals surface area contributed by atoms with Crippen LogP contribution >= 0.6 is 0 Å². The number of hydrogen-bond acceptors (Lipinski definition) is 2. The number of nitrogens with zero attached hydrogens (tertiary/aromatic N) is 1. The third kappa shape index (κ3) is 4.12. The van der Waals surface area contributed by atoms with Gasteiger partial charge in [-0.05, 0) is 46.1 Å². The predicted octanol–water partition coefficient (Wildman–Crippen LogP) is 2.77. The summed E-state index contributed by atoms with van der Waals surface area (Å²) in [6.07, 6.45) is 8.02. The number of rotatable bonds is 4. The van der Waals surface area contributed by atoms with Crippen molar-refractivity contribution in [3.05, 3.63) is 0 Å². The Labute approximate surface area is 95.2 Å². The third-order valence-corrected chi connectivity index (χ3v) is 3.67. The minimum Gasteiger partial charge on any atom is -0.328 e. The summed E-state index contributed by atoms with van der Waals surface area (Å²) < 4.78 is 0. The van der Waals surface area contributed by atoms with E-state index in [1.807, 2.05) is 0 Å². The summed E-state index contributed by atoms with van der Waals surface area (Å²) in [7, 11) is 0. The quantitative estimate of drug-likeness (QED) is 0.776. The van der Waals surface area contributed by atoms with Gasteiger partial charge in [0.25, 0.3) is 0 Å². The van der Waals surface area contributed by atoms with Crippen molar-refractivity contribution in [2.24, 2.45) is 5.73 Å². The summed E-state index contributed by atoms with van der Waals surface area (Å²) in [4.78, 5) is 2.70. The Morgan fingerprint density at radius 3 is 2.60 bits per heavy atom. The summed E-state index contributed by atoms with van der Waals surface area (Å²) >= 11 is 0. The van der Waals surface area contributed by atoms with Gasteiger partial charge in [0.1, 0.15) is 0 Å². The van der Waals surface area contributed by atoms with E-state index in [1.165, 1.54) is 38.6 Å². The Balaban J connectivity index is 2.53. The Bertz CT molecular complexity index is 168. The maximum atomic E-state index is 5.90. The van der Waals surface area contributed by atoms with Crippen LogP contribution in [0.5, 0.6) is 0 Å². The molecule has 3 unspecified atom stereocenters. The van der Waals surface area contributed by atoms with Gasteiger partial charge < -0.3 is 5.73 Å². The highest BCUT2D eigenvalue weighted by atomic mass is 15.2. The van der Waals surface area contributed by atoms with E-state index in [9.17, 15) is 0 Å². The number of likely N-dealkylation sites (tertiary alicyclic amines) is 1. The van der Waals surface area contributed by atoms with Crippen molar-refractivity contribution in [1.29, 1.82) is 0 Å². The molecule has 2 N–H and O–H groups in total. The van der Waals surface area contributed by atoms with Crippen molar-refractivity contribution in [2.75, 3.05) is 6.54 Å². The molecule has 1 saturated heterocycles. The lowest BCUT2D eigenvalue weighted by molar-refractivity contribution is 0.132. The zero-order valence-corrected chi connectivity index (χ0v) is 10.7.